The zero-order valence-corrected chi connectivity index (χ0v) is 22.1. The van der Waals surface area contributed by atoms with Crippen LogP contribution in [0.15, 0.2) is 40.9 Å². The number of benzene rings is 2. The second kappa shape index (κ2) is 12.3. The van der Waals surface area contributed by atoms with E-state index < -0.39 is 6.04 Å². The minimum atomic E-state index is -0.740. The molecule has 2 aromatic rings. The standard InChI is InChI=1S/C24H26BrCl3N2O3/c1-15(24(32)29-17-6-3-2-4-7-17)30(13-18-19(26)8-5-9-20(18)27)23(31)14-33-22-11-10-16(25)12-21(22)28/h5,8-12,15,17H,2-4,6-7,13-14H2,1H3,(H,29,32). The lowest BCUT2D eigenvalue weighted by Gasteiger charge is -2.31. The lowest BCUT2D eigenvalue weighted by molar-refractivity contribution is -0.142. The predicted octanol–water partition coefficient (Wildman–Crippen LogP) is 6.65. The van der Waals surface area contributed by atoms with Gasteiger partial charge in [-0.05, 0) is 50.1 Å². The number of ether oxygens (including phenoxy) is 1. The van der Waals surface area contributed by atoms with Gasteiger partial charge < -0.3 is 15.0 Å². The molecule has 1 fully saturated rings. The van der Waals surface area contributed by atoms with Gasteiger partial charge in [-0.25, -0.2) is 0 Å². The first-order valence-electron chi connectivity index (χ1n) is 10.9. The van der Waals surface area contributed by atoms with Crippen LogP contribution in [0.2, 0.25) is 15.1 Å². The Balaban J connectivity index is 1.77. The van der Waals surface area contributed by atoms with Crippen LogP contribution in [0.4, 0.5) is 0 Å². The molecule has 33 heavy (non-hydrogen) atoms. The lowest BCUT2D eigenvalue weighted by Crippen LogP contribution is -2.51. The lowest BCUT2D eigenvalue weighted by atomic mass is 9.95. The average Bonchev–Trinajstić information content (AvgIpc) is 2.78. The van der Waals surface area contributed by atoms with Crippen LogP contribution in [-0.4, -0.2) is 35.4 Å². The molecule has 1 unspecified atom stereocenters. The summed E-state index contributed by atoms with van der Waals surface area (Å²) in [5.41, 5.74) is 0.577. The number of carbonyl (C=O) groups is 2. The van der Waals surface area contributed by atoms with Gasteiger partial charge in [-0.2, -0.15) is 0 Å². The summed E-state index contributed by atoms with van der Waals surface area (Å²) in [5, 5.41) is 4.32. The highest BCUT2D eigenvalue weighted by Crippen LogP contribution is 2.29. The summed E-state index contributed by atoms with van der Waals surface area (Å²) in [6.45, 7) is 1.49. The SMILES string of the molecule is CC(C(=O)NC1CCCCC1)N(Cc1c(Cl)cccc1Cl)C(=O)COc1ccc(Br)cc1Cl. The normalized spacial score (nSPS) is 15.1. The molecule has 0 spiro atoms. The maximum Gasteiger partial charge on any atom is 0.261 e. The summed E-state index contributed by atoms with van der Waals surface area (Å²) >= 11 is 22.2. The first kappa shape index (κ1) is 26.1. The maximum absolute atomic E-state index is 13.2. The summed E-state index contributed by atoms with van der Waals surface area (Å²) in [6, 6.07) is 9.66. The molecule has 0 heterocycles. The van der Waals surface area contributed by atoms with Crippen molar-refractivity contribution in [3.8, 4) is 5.75 Å². The van der Waals surface area contributed by atoms with E-state index in [2.05, 4.69) is 21.2 Å². The molecule has 1 N–H and O–H groups in total. The molecule has 0 aromatic heterocycles. The van der Waals surface area contributed by atoms with Gasteiger partial charge in [0.1, 0.15) is 11.8 Å². The maximum atomic E-state index is 13.2. The monoisotopic (exact) mass is 574 g/mol. The third-order valence-electron chi connectivity index (χ3n) is 5.75. The van der Waals surface area contributed by atoms with Crippen molar-refractivity contribution in [2.75, 3.05) is 6.61 Å². The van der Waals surface area contributed by atoms with Gasteiger partial charge >= 0.3 is 0 Å². The van der Waals surface area contributed by atoms with Crippen LogP contribution in [0.1, 0.15) is 44.6 Å². The van der Waals surface area contributed by atoms with E-state index in [9.17, 15) is 9.59 Å². The molecule has 1 aliphatic carbocycles. The molecular formula is C24H26BrCl3N2O3. The van der Waals surface area contributed by atoms with Crippen LogP contribution in [0.25, 0.3) is 0 Å². The van der Waals surface area contributed by atoms with Gasteiger partial charge in [-0.1, -0.05) is 76.1 Å². The molecule has 1 aliphatic rings. The summed E-state index contributed by atoms with van der Waals surface area (Å²) < 4.78 is 6.47. The molecule has 1 saturated carbocycles. The van der Waals surface area contributed by atoms with Crippen LogP contribution >= 0.6 is 50.7 Å². The van der Waals surface area contributed by atoms with E-state index in [-0.39, 0.29) is 31.0 Å². The molecular weight excluding hydrogens is 551 g/mol. The van der Waals surface area contributed by atoms with Gasteiger partial charge in [-0.3, -0.25) is 9.59 Å². The Hall–Kier alpha value is -1.47. The van der Waals surface area contributed by atoms with Crippen molar-refractivity contribution < 1.29 is 14.3 Å². The third-order valence-corrected chi connectivity index (χ3v) is 7.25. The van der Waals surface area contributed by atoms with Crippen molar-refractivity contribution in [3.63, 3.8) is 0 Å². The Bertz CT molecular complexity index is 979. The fraction of sp³-hybridized carbons (Fsp3) is 0.417. The number of hydrogen-bond acceptors (Lipinski definition) is 3. The van der Waals surface area contributed by atoms with Crippen molar-refractivity contribution in [1.82, 2.24) is 10.2 Å². The zero-order chi connectivity index (χ0) is 24.0. The molecule has 2 aromatic carbocycles. The fourth-order valence-electron chi connectivity index (χ4n) is 3.82. The van der Waals surface area contributed by atoms with E-state index >= 15 is 0 Å². The Kier molecular flexibility index (Phi) is 9.74. The van der Waals surface area contributed by atoms with Gasteiger partial charge in [0.15, 0.2) is 6.61 Å². The number of rotatable bonds is 8. The van der Waals surface area contributed by atoms with E-state index in [1.165, 1.54) is 11.3 Å². The molecule has 178 valence electrons. The summed E-state index contributed by atoms with van der Waals surface area (Å²) in [5.74, 6) is -0.209. The molecule has 9 heteroatoms. The van der Waals surface area contributed by atoms with Crippen molar-refractivity contribution in [2.24, 2.45) is 0 Å². The fourth-order valence-corrected chi connectivity index (χ4v) is 5.06. The first-order valence-corrected chi connectivity index (χ1v) is 12.8. The molecule has 1 atom stereocenters. The van der Waals surface area contributed by atoms with Crippen molar-refractivity contribution in [1.29, 1.82) is 0 Å². The van der Waals surface area contributed by atoms with Gasteiger partial charge in [0.05, 0.1) is 5.02 Å². The van der Waals surface area contributed by atoms with Crippen LogP contribution in [0, 0.1) is 0 Å². The highest BCUT2D eigenvalue weighted by Gasteiger charge is 2.29. The third kappa shape index (κ3) is 7.25. The Morgan fingerprint density at radius 2 is 1.76 bits per heavy atom. The number of amides is 2. The number of nitrogens with one attached hydrogen (secondary N) is 1. The van der Waals surface area contributed by atoms with Gasteiger partial charge in [0, 0.05) is 32.7 Å². The number of halogens is 4. The smallest absolute Gasteiger partial charge is 0.261 e. The predicted molar refractivity (Wildman–Crippen MR) is 136 cm³/mol. The zero-order valence-electron chi connectivity index (χ0n) is 18.3. The van der Waals surface area contributed by atoms with Gasteiger partial charge in [0.25, 0.3) is 5.91 Å². The molecule has 0 saturated heterocycles. The molecule has 3 rings (SSSR count). The molecule has 0 bridgehead atoms. The molecule has 0 aliphatic heterocycles. The largest absolute Gasteiger partial charge is 0.482 e. The quantitative estimate of drug-likeness (QED) is 0.383. The van der Waals surface area contributed by atoms with Crippen molar-refractivity contribution in [2.45, 2.75) is 57.7 Å². The van der Waals surface area contributed by atoms with Crippen LogP contribution < -0.4 is 10.1 Å². The van der Waals surface area contributed by atoms with Gasteiger partial charge in [0.2, 0.25) is 5.91 Å². The highest BCUT2D eigenvalue weighted by molar-refractivity contribution is 9.10. The molecule has 5 nitrogen and oxygen atoms in total. The number of hydrogen-bond donors (Lipinski definition) is 1. The Morgan fingerprint density at radius 1 is 1.09 bits per heavy atom. The second-order valence-electron chi connectivity index (χ2n) is 8.10. The van der Waals surface area contributed by atoms with Crippen LogP contribution in [0.5, 0.6) is 5.75 Å². The molecule has 0 radical (unpaired) electrons. The minimum Gasteiger partial charge on any atom is -0.482 e. The average molecular weight is 577 g/mol. The van der Waals surface area contributed by atoms with Gasteiger partial charge in [-0.15, -0.1) is 0 Å². The topological polar surface area (TPSA) is 58.6 Å². The minimum absolute atomic E-state index is 0.0774. The van der Waals surface area contributed by atoms with Crippen molar-refractivity contribution >= 4 is 62.5 Å². The van der Waals surface area contributed by atoms with E-state index in [0.717, 1.165) is 30.2 Å². The number of carbonyl (C=O) groups excluding carboxylic acids is 2. The Labute approximate surface area is 217 Å². The first-order chi connectivity index (χ1) is 15.8. The summed E-state index contributed by atoms with van der Waals surface area (Å²) in [7, 11) is 0. The highest BCUT2D eigenvalue weighted by atomic mass is 79.9. The van der Waals surface area contributed by atoms with Crippen LogP contribution in [-0.2, 0) is 16.1 Å². The van der Waals surface area contributed by atoms with E-state index in [1.807, 2.05) is 0 Å². The van der Waals surface area contributed by atoms with E-state index in [0.29, 0.717) is 26.4 Å². The summed E-state index contributed by atoms with van der Waals surface area (Å²) in [4.78, 5) is 27.7. The van der Waals surface area contributed by atoms with E-state index in [1.54, 1.807) is 43.3 Å². The second-order valence-corrected chi connectivity index (χ2v) is 10.2. The van der Waals surface area contributed by atoms with Crippen LogP contribution in [0.3, 0.4) is 0 Å². The Morgan fingerprint density at radius 3 is 2.39 bits per heavy atom. The molecule has 2 amide bonds. The summed E-state index contributed by atoms with van der Waals surface area (Å²) in [6.07, 6.45) is 5.29. The number of nitrogens with zero attached hydrogens (tertiary/aromatic N) is 1. The van der Waals surface area contributed by atoms with Crippen molar-refractivity contribution in [3.05, 3.63) is 61.5 Å². The van der Waals surface area contributed by atoms with E-state index in [4.69, 9.17) is 39.5 Å².